The number of ether oxygens (including phenoxy) is 1. The highest BCUT2D eigenvalue weighted by Crippen LogP contribution is 2.36. The molecule has 0 bridgehead atoms. The van der Waals surface area contributed by atoms with E-state index >= 15 is 0 Å². The number of aromatic amines is 1. The average Bonchev–Trinajstić information content (AvgIpc) is 3.30. The van der Waals surface area contributed by atoms with Gasteiger partial charge in [-0.3, -0.25) is 14.9 Å². The molecule has 2 aromatic rings. The molecule has 1 amide bonds. The Balaban J connectivity index is 1.38. The van der Waals surface area contributed by atoms with Crippen molar-refractivity contribution in [1.82, 2.24) is 25.1 Å². The Bertz CT molecular complexity index is 733. The summed E-state index contributed by atoms with van der Waals surface area (Å²) >= 11 is 0. The topological polar surface area (TPSA) is 96.0 Å². The van der Waals surface area contributed by atoms with Crippen LogP contribution in [-0.2, 0) is 4.74 Å². The fourth-order valence-electron chi connectivity index (χ4n) is 3.51. The number of aryl methyl sites for hydroxylation is 1. The van der Waals surface area contributed by atoms with E-state index in [1.165, 1.54) is 0 Å². The van der Waals surface area contributed by atoms with E-state index in [-0.39, 0.29) is 17.6 Å². The van der Waals surface area contributed by atoms with Crippen LogP contribution < -0.4 is 5.32 Å². The van der Waals surface area contributed by atoms with E-state index in [2.05, 4.69) is 25.5 Å². The molecule has 2 N–H and O–H groups in total. The first-order valence-corrected chi connectivity index (χ1v) is 8.11. The molecule has 2 atom stereocenters. The van der Waals surface area contributed by atoms with Gasteiger partial charge in [0.15, 0.2) is 0 Å². The lowest BCUT2D eigenvalue weighted by Gasteiger charge is -2.23. The van der Waals surface area contributed by atoms with E-state index in [4.69, 9.17) is 4.74 Å². The van der Waals surface area contributed by atoms with Crippen molar-refractivity contribution in [3.05, 3.63) is 36.0 Å². The fourth-order valence-corrected chi connectivity index (χ4v) is 3.51. The molecular weight excluding hydrogens is 308 g/mol. The summed E-state index contributed by atoms with van der Waals surface area (Å²) in [5.41, 5.74) is 1.09. The number of aromatic nitrogens is 4. The minimum absolute atomic E-state index is 0.0369. The van der Waals surface area contributed by atoms with Gasteiger partial charge in [-0.2, -0.15) is 5.10 Å². The van der Waals surface area contributed by atoms with E-state index in [1.807, 2.05) is 11.8 Å². The van der Waals surface area contributed by atoms with Crippen molar-refractivity contribution in [2.75, 3.05) is 25.0 Å². The first-order valence-electron chi connectivity index (χ1n) is 8.11. The zero-order valence-corrected chi connectivity index (χ0v) is 13.5. The number of carbonyl (C=O) groups is 1. The van der Waals surface area contributed by atoms with Gasteiger partial charge in [-0.1, -0.05) is 0 Å². The van der Waals surface area contributed by atoms with Gasteiger partial charge in [0.1, 0.15) is 11.5 Å². The van der Waals surface area contributed by atoms with Gasteiger partial charge >= 0.3 is 0 Å². The van der Waals surface area contributed by atoms with Crippen LogP contribution >= 0.6 is 0 Å². The number of rotatable bonds is 3. The maximum absolute atomic E-state index is 12.5. The molecule has 126 valence electrons. The Labute approximate surface area is 139 Å². The molecule has 2 saturated heterocycles. The molecule has 0 aliphatic carbocycles. The zero-order chi connectivity index (χ0) is 16.6. The third kappa shape index (κ3) is 2.84. The quantitative estimate of drug-likeness (QED) is 0.872. The molecular formula is C16H20N6O2. The molecule has 2 unspecified atom stereocenters. The predicted molar refractivity (Wildman–Crippen MR) is 86.6 cm³/mol. The molecule has 4 rings (SSSR count). The van der Waals surface area contributed by atoms with Crippen LogP contribution in [0.5, 0.6) is 0 Å². The van der Waals surface area contributed by atoms with Crippen LogP contribution in [0.4, 0.5) is 5.82 Å². The van der Waals surface area contributed by atoms with Crippen LogP contribution in [0.2, 0.25) is 0 Å². The van der Waals surface area contributed by atoms with Crippen LogP contribution in [0.1, 0.15) is 29.0 Å². The first kappa shape index (κ1) is 15.1. The smallest absolute Gasteiger partial charge is 0.274 e. The number of likely N-dealkylation sites (tertiary alicyclic amines) is 1. The number of carbonyl (C=O) groups excluding carboxylic acids is 1. The van der Waals surface area contributed by atoms with Crippen LogP contribution in [0, 0.1) is 6.92 Å². The molecule has 1 spiro atoms. The van der Waals surface area contributed by atoms with Crippen molar-refractivity contribution >= 4 is 11.7 Å². The summed E-state index contributed by atoms with van der Waals surface area (Å²) in [6.07, 6.45) is 6.72. The molecule has 8 heteroatoms. The summed E-state index contributed by atoms with van der Waals surface area (Å²) in [6.45, 7) is 3.80. The number of anilines is 1. The van der Waals surface area contributed by atoms with E-state index < -0.39 is 0 Å². The van der Waals surface area contributed by atoms with Gasteiger partial charge in [0.25, 0.3) is 5.91 Å². The second kappa shape index (κ2) is 5.86. The number of nitrogens with one attached hydrogen (secondary N) is 2. The number of hydrogen-bond donors (Lipinski definition) is 2. The van der Waals surface area contributed by atoms with Gasteiger partial charge in [-0.15, -0.1) is 0 Å². The number of H-pyrrole nitrogens is 1. The van der Waals surface area contributed by atoms with E-state index in [9.17, 15) is 4.79 Å². The van der Waals surface area contributed by atoms with Crippen LogP contribution in [0.3, 0.4) is 0 Å². The van der Waals surface area contributed by atoms with Gasteiger partial charge in [-0.05, 0) is 19.4 Å². The molecule has 8 nitrogen and oxygen atoms in total. The largest absolute Gasteiger partial charge is 0.371 e. The lowest BCUT2D eigenvalue weighted by molar-refractivity contribution is 0.0124. The monoisotopic (exact) mass is 328 g/mol. The molecule has 24 heavy (non-hydrogen) atoms. The normalized spacial score (nSPS) is 26.2. The van der Waals surface area contributed by atoms with E-state index in [1.54, 1.807) is 24.7 Å². The summed E-state index contributed by atoms with van der Waals surface area (Å²) < 4.78 is 6.07. The maximum atomic E-state index is 12.5. The minimum Gasteiger partial charge on any atom is -0.371 e. The summed E-state index contributed by atoms with van der Waals surface area (Å²) in [7, 11) is 0. The highest BCUT2D eigenvalue weighted by Gasteiger charge is 2.47. The molecule has 2 aliphatic heterocycles. The Morgan fingerprint density at radius 1 is 1.50 bits per heavy atom. The summed E-state index contributed by atoms with van der Waals surface area (Å²) in [5.74, 6) is 0.714. The van der Waals surface area contributed by atoms with Crippen molar-refractivity contribution in [2.45, 2.75) is 31.4 Å². The van der Waals surface area contributed by atoms with Crippen molar-refractivity contribution < 1.29 is 9.53 Å². The summed E-state index contributed by atoms with van der Waals surface area (Å²) in [4.78, 5) is 22.7. The third-order valence-electron chi connectivity index (χ3n) is 4.65. The molecule has 4 heterocycles. The summed E-state index contributed by atoms with van der Waals surface area (Å²) in [6, 6.07) is 1.96. The number of amides is 1. The second-order valence-corrected chi connectivity index (χ2v) is 6.54. The van der Waals surface area contributed by atoms with Crippen LogP contribution in [0.15, 0.2) is 24.7 Å². The molecule has 0 aromatic carbocycles. The first-order chi connectivity index (χ1) is 11.6. The molecule has 0 saturated carbocycles. The number of hydrogen-bond acceptors (Lipinski definition) is 6. The van der Waals surface area contributed by atoms with Crippen molar-refractivity contribution in [3.63, 3.8) is 0 Å². The zero-order valence-electron chi connectivity index (χ0n) is 13.5. The van der Waals surface area contributed by atoms with Crippen molar-refractivity contribution in [2.24, 2.45) is 0 Å². The second-order valence-electron chi connectivity index (χ2n) is 6.54. The van der Waals surface area contributed by atoms with Crippen LogP contribution in [-0.4, -0.2) is 62.3 Å². The lowest BCUT2D eigenvalue weighted by Crippen LogP contribution is -2.36. The van der Waals surface area contributed by atoms with Crippen molar-refractivity contribution in [3.8, 4) is 0 Å². The molecule has 0 radical (unpaired) electrons. The van der Waals surface area contributed by atoms with Gasteiger partial charge in [0, 0.05) is 31.1 Å². The predicted octanol–water partition coefficient (Wildman–Crippen LogP) is 0.994. The molecule has 2 fully saturated rings. The fraction of sp³-hybridized carbons (Fsp3) is 0.500. The number of nitrogens with zero attached hydrogens (tertiary/aromatic N) is 4. The van der Waals surface area contributed by atoms with Gasteiger partial charge in [0.2, 0.25) is 0 Å². The summed E-state index contributed by atoms with van der Waals surface area (Å²) in [5, 5.41) is 10.2. The third-order valence-corrected chi connectivity index (χ3v) is 4.65. The van der Waals surface area contributed by atoms with Crippen molar-refractivity contribution in [1.29, 1.82) is 0 Å². The van der Waals surface area contributed by atoms with E-state index in [0.29, 0.717) is 25.4 Å². The Hall–Kier alpha value is -2.48. The van der Waals surface area contributed by atoms with Crippen LogP contribution in [0.25, 0.3) is 0 Å². The Kier molecular flexibility index (Phi) is 3.68. The standard InChI is InChI=1S/C16H20N6O2/c1-11-6-13(21-20-11)15(23)22-5-2-16(10-22)7-12(9-24-16)19-14-8-17-3-4-18-14/h3-4,6,8,12H,2,5,7,9-10H2,1H3,(H,18,19)(H,20,21). The van der Waals surface area contributed by atoms with Gasteiger partial charge in [-0.25, -0.2) is 4.98 Å². The average molecular weight is 328 g/mol. The lowest BCUT2D eigenvalue weighted by atomic mass is 9.97. The Morgan fingerprint density at radius 2 is 2.42 bits per heavy atom. The highest BCUT2D eigenvalue weighted by atomic mass is 16.5. The van der Waals surface area contributed by atoms with Gasteiger partial charge in [0.05, 0.1) is 31.0 Å². The SMILES string of the molecule is Cc1cc(C(=O)N2CCC3(CC(Nc4cnccn4)CO3)C2)n[nH]1. The molecule has 2 aromatic heterocycles. The molecule has 2 aliphatic rings. The highest BCUT2D eigenvalue weighted by molar-refractivity contribution is 5.92. The Morgan fingerprint density at radius 3 is 3.17 bits per heavy atom. The maximum Gasteiger partial charge on any atom is 0.274 e. The van der Waals surface area contributed by atoms with Gasteiger partial charge < -0.3 is 15.0 Å². The van der Waals surface area contributed by atoms with E-state index in [0.717, 1.165) is 24.4 Å². The minimum atomic E-state index is -0.263.